The quantitative estimate of drug-likeness (QED) is 0.338. The van der Waals surface area contributed by atoms with Crippen molar-refractivity contribution in [1.82, 2.24) is 15.2 Å². The van der Waals surface area contributed by atoms with Crippen molar-refractivity contribution in [3.05, 3.63) is 113 Å². The van der Waals surface area contributed by atoms with E-state index >= 15 is 0 Å². The summed E-state index contributed by atoms with van der Waals surface area (Å²) in [5.41, 5.74) is 3.90. The maximum atomic E-state index is 13.8. The number of carbonyl (C=O) groups is 2. The molecule has 208 valence electrons. The largest absolute Gasteiger partial charge is 0.507 e. The Hall–Kier alpha value is -4.89. The molecule has 4 aromatic rings. The lowest BCUT2D eigenvalue weighted by Gasteiger charge is -2.38. The Labute approximate surface area is 237 Å². The Kier molecular flexibility index (Phi) is 7.26. The molecule has 3 aromatic carbocycles. The van der Waals surface area contributed by atoms with Gasteiger partial charge < -0.3 is 29.9 Å². The fourth-order valence-electron chi connectivity index (χ4n) is 5.31. The van der Waals surface area contributed by atoms with E-state index in [2.05, 4.69) is 10.3 Å². The summed E-state index contributed by atoms with van der Waals surface area (Å²) in [7, 11) is 0. The number of phenolic OH excluding ortho intramolecular Hbond substituents is 1. The highest BCUT2D eigenvalue weighted by Gasteiger charge is 2.34. The van der Waals surface area contributed by atoms with E-state index in [1.165, 1.54) is 18.3 Å². The Bertz CT molecular complexity index is 1620. The molecule has 4 heterocycles. The summed E-state index contributed by atoms with van der Waals surface area (Å²) >= 11 is 0. The van der Waals surface area contributed by atoms with Crippen molar-refractivity contribution in [3.63, 3.8) is 0 Å². The lowest BCUT2D eigenvalue weighted by molar-refractivity contribution is 0.0687. The molecule has 3 aliphatic rings. The third-order valence-corrected chi connectivity index (χ3v) is 7.33. The lowest BCUT2D eigenvalue weighted by atomic mass is 9.87. The zero-order valence-electron chi connectivity index (χ0n) is 22.2. The van der Waals surface area contributed by atoms with Gasteiger partial charge in [0.2, 0.25) is 0 Å². The van der Waals surface area contributed by atoms with Gasteiger partial charge in [-0.3, -0.25) is 14.6 Å². The molecule has 0 fully saturated rings. The third kappa shape index (κ3) is 5.44. The van der Waals surface area contributed by atoms with E-state index in [4.69, 9.17) is 9.47 Å². The molecule has 0 spiro atoms. The molecule has 0 radical (unpaired) electrons. The smallest absolute Gasteiger partial charge is 0.273 e. The van der Waals surface area contributed by atoms with Gasteiger partial charge in [-0.05, 0) is 89.7 Å². The second-order valence-corrected chi connectivity index (χ2v) is 10.0. The van der Waals surface area contributed by atoms with E-state index in [0.29, 0.717) is 55.4 Å². The zero-order valence-corrected chi connectivity index (χ0v) is 22.2. The minimum absolute atomic E-state index is 0.128. The molecule has 1 aromatic heterocycles. The number of nitrogens with one attached hydrogen (secondary N) is 1. The van der Waals surface area contributed by atoms with Crippen LogP contribution in [-0.2, 0) is 13.0 Å². The molecule has 41 heavy (non-hydrogen) atoms. The van der Waals surface area contributed by atoms with Crippen LogP contribution in [0.4, 0.5) is 0 Å². The van der Waals surface area contributed by atoms with Crippen LogP contribution in [0.5, 0.6) is 23.0 Å². The second-order valence-electron chi connectivity index (χ2n) is 10.0. The summed E-state index contributed by atoms with van der Waals surface area (Å²) in [6.45, 7) is 0.991. The standard InChI is InChI=1S/C32H29N3O6/c36-19-20-9-12-33-28(15-20)32(39)35-13-10-21-16-24-5-7-26(21)30(35)22-3-1-4-23(17-22)40-14-2-11-34-31(38)27-18-25(41-24)6-8-29(27)37/h1,3-9,12,15-18,30,36-37H,2,10-11,13-14,19H2,(H,34,38). The Morgan fingerprint density at radius 1 is 1.02 bits per heavy atom. The van der Waals surface area contributed by atoms with Gasteiger partial charge in [0.15, 0.2) is 0 Å². The van der Waals surface area contributed by atoms with E-state index in [0.717, 1.165) is 16.7 Å². The number of nitrogens with zero attached hydrogens (tertiary/aromatic N) is 2. The number of hydrogen-bond donors (Lipinski definition) is 3. The Morgan fingerprint density at radius 3 is 2.76 bits per heavy atom. The Morgan fingerprint density at radius 2 is 1.88 bits per heavy atom. The number of pyridine rings is 1. The summed E-state index contributed by atoms with van der Waals surface area (Å²) in [6, 6.07) is 20.9. The first kappa shape index (κ1) is 26.3. The molecule has 2 amide bonds. The van der Waals surface area contributed by atoms with Crippen LogP contribution in [-0.4, -0.2) is 51.6 Å². The molecule has 1 atom stereocenters. The van der Waals surface area contributed by atoms with Gasteiger partial charge >= 0.3 is 0 Å². The van der Waals surface area contributed by atoms with Crippen LogP contribution in [0.15, 0.2) is 79.0 Å². The van der Waals surface area contributed by atoms with Gasteiger partial charge in [0.1, 0.15) is 28.7 Å². The van der Waals surface area contributed by atoms with Crippen LogP contribution in [0.3, 0.4) is 0 Å². The van der Waals surface area contributed by atoms with E-state index in [1.54, 1.807) is 18.2 Å². The summed E-state index contributed by atoms with van der Waals surface area (Å²) in [6.07, 6.45) is 2.68. The first-order chi connectivity index (χ1) is 20.0. The van der Waals surface area contributed by atoms with Crippen LogP contribution < -0.4 is 14.8 Å². The van der Waals surface area contributed by atoms with Crippen LogP contribution in [0.2, 0.25) is 0 Å². The summed E-state index contributed by atoms with van der Waals surface area (Å²) in [5.74, 6) is 0.902. The van der Waals surface area contributed by atoms with E-state index in [9.17, 15) is 19.8 Å². The number of fused-ring (bicyclic) bond motifs is 6. The average molecular weight is 552 g/mol. The minimum Gasteiger partial charge on any atom is -0.507 e. The van der Waals surface area contributed by atoms with Gasteiger partial charge in [-0.15, -0.1) is 0 Å². The van der Waals surface area contributed by atoms with Gasteiger partial charge in [0.05, 0.1) is 24.8 Å². The first-order valence-electron chi connectivity index (χ1n) is 13.5. The van der Waals surface area contributed by atoms with Gasteiger partial charge in [-0.1, -0.05) is 18.2 Å². The molecule has 3 N–H and O–H groups in total. The van der Waals surface area contributed by atoms with Crippen LogP contribution >= 0.6 is 0 Å². The molecular formula is C32H29N3O6. The number of amides is 2. The first-order valence-corrected chi connectivity index (χ1v) is 13.5. The van der Waals surface area contributed by atoms with Crippen LogP contribution in [0.1, 0.15) is 55.6 Å². The number of rotatable bonds is 2. The number of hydrogen-bond acceptors (Lipinski definition) is 7. The topological polar surface area (TPSA) is 121 Å². The number of aliphatic hydroxyl groups is 1. The summed E-state index contributed by atoms with van der Waals surface area (Å²) in [5, 5.41) is 22.7. The Balaban J connectivity index is 1.43. The molecule has 3 aliphatic heterocycles. The van der Waals surface area contributed by atoms with Crippen LogP contribution in [0.25, 0.3) is 0 Å². The molecule has 8 bridgehead atoms. The number of ether oxygens (including phenoxy) is 2. The number of carbonyl (C=O) groups excluding carboxylic acids is 2. The predicted molar refractivity (Wildman–Crippen MR) is 150 cm³/mol. The molecule has 0 saturated heterocycles. The number of aromatic hydroxyl groups is 1. The molecule has 7 rings (SSSR count). The number of benzene rings is 3. The molecule has 1 unspecified atom stereocenters. The minimum atomic E-state index is -0.401. The zero-order chi connectivity index (χ0) is 28.3. The normalized spacial score (nSPS) is 16.6. The number of aromatic nitrogens is 1. The number of aliphatic hydroxyl groups excluding tert-OH is 1. The SMILES string of the molecule is O=C1NCCCOc2cccc(c2)C2c3ccc(cc3CCN2C(=O)c2cc(CO)ccn2)Oc2ccc(O)c1c2. The molecule has 0 saturated carbocycles. The molecule has 9 nitrogen and oxygen atoms in total. The number of phenols is 1. The van der Waals surface area contributed by atoms with Gasteiger partial charge in [-0.2, -0.15) is 0 Å². The van der Waals surface area contributed by atoms with Crippen molar-refractivity contribution in [2.75, 3.05) is 19.7 Å². The van der Waals surface area contributed by atoms with Gasteiger partial charge in [-0.25, -0.2) is 0 Å². The summed E-state index contributed by atoms with van der Waals surface area (Å²) < 4.78 is 12.1. The van der Waals surface area contributed by atoms with Crippen molar-refractivity contribution in [1.29, 1.82) is 0 Å². The van der Waals surface area contributed by atoms with Crippen molar-refractivity contribution in [2.24, 2.45) is 0 Å². The highest BCUT2D eigenvalue weighted by Crippen LogP contribution is 2.39. The molecular weight excluding hydrogens is 522 g/mol. The predicted octanol–water partition coefficient (Wildman–Crippen LogP) is 4.37. The van der Waals surface area contributed by atoms with Crippen molar-refractivity contribution in [2.45, 2.75) is 25.5 Å². The van der Waals surface area contributed by atoms with E-state index < -0.39 is 11.9 Å². The van der Waals surface area contributed by atoms with Crippen molar-refractivity contribution < 1.29 is 29.3 Å². The van der Waals surface area contributed by atoms with Gasteiger partial charge in [0.25, 0.3) is 11.8 Å². The second kappa shape index (κ2) is 11.3. The molecule has 0 aliphatic carbocycles. The lowest BCUT2D eigenvalue weighted by Crippen LogP contribution is -2.41. The highest BCUT2D eigenvalue weighted by molar-refractivity contribution is 5.97. The summed E-state index contributed by atoms with van der Waals surface area (Å²) in [4.78, 5) is 32.7. The van der Waals surface area contributed by atoms with E-state index in [-0.39, 0.29) is 29.5 Å². The third-order valence-electron chi connectivity index (χ3n) is 7.33. The van der Waals surface area contributed by atoms with E-state index in [1.807, 2.05) is 47.4 Å². The maximum Gasteiger partial charge on any atom is 0.273 e. The van der Waals surface area contributed by atoms with Crippen LogP contribution in [0, 0.1) is 0 Å². The maximum absolute atomic E-state index is 13.8. The highest BCUT2D eigenvalue weighted by atomic mass is 16.5. The fourth-order valence-corrected chi connectivity index (χ4v) is 5.31. The fraction of sp³-hybridized carbons (Fsp3) is 0.219. The monoisotopic (exact) mass is 551 g/mol. The van der Waals surface area contributed by atoms with Crippen molar-refractivity contribution >= 4 is 11.8 Å². The molecule has 9 heteroatoms. The van der Waals surface area contributed by atoms with Crippen molar-refractivity contribution in [3.8, 4) is 23.0 Å². The average Bonchev–Trinajstić information content (AvgIpc) is 3.00. The van der Waals surface area contributed by atoms with Gasteiger partial charge in [0, 0.05) is 19.3 Å².